The molecule has 0 saturated heterocycles. The SMILES string of the molecule is CCCC1=Cc2cc(S(C)(=O)=O)ccc2/C1=C\c1cccc(C(=O)O)n1. The second kappa shape index (κ2) is 6.88. The summed E-state index contributed by atoms with van der Waals surface area (Å²) in [5, 5.41) is 9.12. The molecule has 0 unspecified atom stereocenters. The molecule has 5 nitrogen and oxygen atoms in total. The van der Waals surface area contributed by atoms with Crippen molar-refractivity contribution in [3.05, 3.63) is 64.5 Å². The standard InChI is InChI=1S/C20H19NO4S/c1-3-5-13-10-14-11-16(26(2,24)25)8-9-17(14)18(13)12-15-6-4-7-19(21-15)20(22)23/h4,6-12H,3,5H2,1-2H3,(H,22,23)/b18-12-. The zero-order valence-electron chi connectivity index (χ0n) is 14.6. The number of allylic oxidation sites excluding steroid dienone is 2. The fourth-order valence-electron chi connectivity index (χ4n) is 3.02. The molecule has 1 aromatic heterocycles. The summed E-state index contributed by atoms with van der Waals surface area (Å²) in [5.41, 5.74) is 4.39. The predicted molar refractivity (Wildman–Crippen MR) is 102 cm³/mol. The van der Waals surface area contributed by atoms with Crippen LogP contribution >= 0.6 is 0 Å². The minimum absolute atomic E-state index is 0.00832. The van der Waals surface area contributed by atoms with Gasteiger partial charge in [0.1, 0.15) is 5.69 Å². The Kier molecular flexibility index (Phi) is 4.78. The number of fused-ring (bicyclic) bond motifs is 1. The van der Waals surface area contributed by atoms with Crippen molar-refractivity contribution in [2.75, 3.05) is 6.26 Å². The van der Waals surface area contributed by atoms with E-state index in [2.05, 4.69) is 11.9 Å². The normalized spacial score (nSPS) is 15.0. The van der Waals surface area contributed by atoms with Gasteiger partial charge in [0.15, 0.2) is 9.84 Å². The molecule has 0 atom stereocenters. The highest BCUT2D eigenvalue weighted by Crippen LogP contribution is 2.39. The Morgan fingerprint density at radius 2 is 2.00 bits per heavy atom. The first-order chi connectivity index (χ1) is 12.3. The maximum Gasteiger partial charge on any atom is 0.354 e. The summed E-state index contributed by atoms with van der Waals surface area (Å²) in [6, 6.07) is 9.96. The van der Waals surface area contributed by atoms with E-state index in [1.54, 1.807) is 30.3 Å². The van der Waals surface area contributed by atoms with Crippen LogP contribution in [-0.4, -0.2) is 30.7 Å². The van der Waals surface area contributed by atoms with Crippen molar-refractivity contribution >= 4 is 33.5 Å². The van der Waals surface area contributed by atoms with E-state index in [9.17, 15) is 13.2 Å². The molecular formula is C20H19NO4S. The molecule has 1 aromatic carbocycles. The predicted octanol–water partition coefficient (Wildman–Crippen LogP) is 3.92. The molecule has 0 radical (unpaired) electrons. The van der Waals surface area contributed by atoms with Crippen molar-refractivity contribution < 1.29 is 18.3 Å². The summed E-state index contributed by atoms with van der Waals surface area (Å²) in [5.74, 6) is -1.07. The van der Waals surface area contributed by atoms with Crippen LogP contribution in [0.3, 0.4) is 0 Å². The van der Waals surface area contributed by atoms with E-state index >= 15 is 0 Å². The number of sulfone groups is 1. The summed E-state index contributed by atoms with van der Waals surface area (Å²) in [4.78, 5) is 15.6. The van der Waals surface area contributed by atoms with Gasteiger partial charge in [-0.2, -0.15) is 0 Å². The Balaban J connectivity index is 2.11. The third-order valence-corrected chi connectivity index (χ3v) is 5.33. The van der Waals surface area contributed by atoms with Gasteiger partial charge in [-0.1, -0.05) is 31.6 Å². The highest BCUT2D eigenvalue weighted by Gasteiger charge is 2.20. The van der Waals surface area contributed by atoms with E-state index in [0.717, 1.165) is 35.1 Å². The van der Waals surface area contributed by atoms with Crippen molar-refractivity contribution in [2.24, 2.45) is 0 Å². The first kappa shape index (κ1) is 18.1. The van der Waals surface area contributed by atoms with Crippen LogP contribution < -0.4 is 0 Å². The highest BCUT2D eigenvalue weighted by molar-refractivity contribution is 7.90. The molecule has 0 fully saturated rings. The molecule has 1 aliphatic carbocycles. The zero-order chi connectivity index (χ0) is 18.9. The van der Waals surface area contributed by atoms with E-state index in [1.807, 2.05) is 12.2 Å². The number of carboxylic acids is 1. The van der Waals surface area contributed by atoms with E-state index in [1.165, 1.54) is 12.3 Å². The number of nitrogens with zero attached hydrogens (tertiary/aromatic N) is 1. The van der Waals surface area contributed by atoms with Crippen LogP contribution in [0.1, 0.15) is 47.1 Å². The molecule has 1 N–H and O–H groups in total. The Hall–Kier alpha value is -2.73. The molecule has 0 aliphatic heterocycles. The fraction of sp³-hybridized carbons (Fsp3) is 0.200. The molecule has 26 heavy (non-hydrogen) atoms. The third-order valence-electron chi connectivity index (χ3n) is 4.22. The van der Waals surface area contributed by atoms with Crippen molar-refractivity contribution in [3.63, 3.8) is 0 Å². The van der Waals surface area contributed by atoms with Gasteiger partial charge in [0, 0.05) is 6.26 Å². The third kappa shape index (κ3) is 3.60. The number of hydrogen-bond donors (Lipinski definition) is 1. The lowest BCUT2D eigenvalue weighted by atomic mass is 9.99. The number of benzene rings is 1. The number of aromatic carboxylic acids is 1. The second-order valence-electron chi connectivity index (χ2n) is 6.25. The summed E-state index contributed by atoms with van der Waals surface area (Å²) in [6.45, 7) is 2.08. The number of pyridine rings is 1. The summed E-state index contributed by atoms with van der Waals surface area (Å²) in [7, 11) is -3.27. The van der Waals surface area contributed by atoms with Gasteiger partial charge in [0.05, 0.1) is 10.6 Å². The molecule has 6 heteroatoms. The maximum absolute atomic E-state index is 11.8. The van der Waals surface area contributed by atoms with Crippen LogP contribution in [0.15, 0.2) is 46.9 Å². The average Bonchev–Trinajstić information content (AvgIpc) is 2.91. The van der Waals surface area contributed by atoms with Crippen LogP contribution in [0.4, 0.5) is 0 Å². The number of carbonyl (C=O) groups is 1. The van der Waals surface area contributed by atoms with E-state index in [0.29, 0.717) is 5.69 Å². The van der Waals surface area contributed by atoms with Gasteiger partial charge in [-0.05, 0) is 59.0 Å². The highest BCUT2D eigenvalue weighted by atomic mass is 32.2. The van der Waals surface area contributed by atoms with Crippen LogP contribution in [0.2, 0.25) is 0 Å². The van der Waals surface area contributed by atoms with E-state index < -0.39 is 15.8 Å². The van der Waals surface area contributed by atoms with E-state index in [4.69, 9.17) is 5.11 Å². The van der Waals surface area contributed by atoms with E-state index in [-0.39, 0.29) is 10.6 Å². The molecule has 134 valence electrons. The van der Waals surface area contributed by atoms with Crippen LogP contribution in [-0.2, 0) is 9.84 Å². The van der Waals surface area contributed by atoms with Gasteiger partial charge in [0.25, 0.3) is 0 Å². The molecule has 0 bridgehead atoms. The van der Waals surface area contributed by atoms with Gasteiger partial charge in [0.2, 0.25) is 0 Å². The number of rotatable bonds is 5. The minimum Gasteiger partial charge on any atom is -0.477 e. The lowest BCUT2D eigenvalue weighted by Gasteiger charge is -2.08. The minimum atomic E-state index is -3.27. The number of aromatic nitrogens is 1. The van der Waals surface area contributed by atoms with Crippen molar-refractivity contribution in [2.45, 2.75) is 24.7 Å². The van der Waals surface area contributed by atoms with Crippen molar-refractivity contribution in [1.29, 1.82) is 0 Å². The molecule has 0 saturated carbocycles. The topological polar surface area (TPSA) is 84.3 Å². The molecule has 1 heterocycles. The number of carboxylic acid groups (broad SMARTS) is 1. The zero-order valence-corrected chi connectivity index (χ0v) is 15.4. The first-order valence-electron chi connectivity index (χ1n) is 8.27. The van der Waals surface area contributed by atoms with Gasteiger partial charge >= 0.3 is 5.97 Å². The van der Waals surface area contributed by atoms with Crippen molar-refractivity contribution in [1.82, 2.24) is 4.98 Å². The first-order valence-corrected chi connectivity index (χ1v) is 10.2. The molecule has 2 aromatic rings. The Labute approximate surface area is 152 Å². The largest absolute Gasteiger partial charge is 0.477 e. The summed E-state index contributed by atoms with van der Waals surface area (Å²) in [6.07, 6.45) is 6.84. The average molecular weight is 369 g/mol. The van der Waals surface area contributed by atoms with Gasteiger partial charge in [-0.25, -0.2) is 18.2 Å². The van der Waals surface area contributed by atoms with Crippen LogP contribution in [0.5, 0.6) is 0 Å². The maximum atomic E-state index is 11.8. The monoisotopic (exact) mass is 369 g/mol. The fourth-order valence-corrected chi connectivity index (χ4v) is 3.68. The lowest BCUT2D eigenvalue weighted by molar-refractivity contribution is 0.0690. The van der Waals surface area contributed by atoms with Gasteiger partial charge in [-0.15, -0.1) is 0 Å². The lowest BCUT2D eigenvalue weighted by Crippen LogP contribution is -2.00. The molecule has 0 spiro atoms. The molecule has 0 amide bonds. The smallest absolute Gasteiger partial charge is 0.354 e. The van der Waals surface area contributed by atoms with Crippen molar-refractivity contribution in [3.8, 4) is 0 Å². The summed E-state index contributed by atoms with van der Waals surface area (Å²) < 4.78 is 23.6. The Bertz CT molecular complexity index is 1050. The van der Waals surface area contributed by atoms with Gasteiger partial charge < -0.3 is 5.11 Å². The quantitative estimate of drug-likeness (QED) is 0.863. The molecular weight excluding hydrogens is 350 g/mol. The van der Waals surface area contributed by atoms with Crippen LogP contribution in [0.25, 0.3) is 17.7 Å². The second-order valence-corrected chi connectivity index (χ2v) is 8.27. The van der Waals surface area contributed by atoms with Gasteiger partial charge in [-0.3, -0.25) is 0 Å². The summed E-state index contributed by atoms with van der Waals surface area (Å²) >= 11 is 0. The Morgan fingerprint density at radius 1 is 1.23 bits per heavy atom. The number of hydrogen-bond acceptors (Lipinski definition) is 4. The molecule has 3 rings (SSSR count). The molecule has 1 aliphatic rings. The Morgan fingerprint density at radius 3 is 2.65 bits per heavy atom. The van der Waals surface area contributed by atoms with Crippen LogP contribution in [0, 0.1) is 0 Å².